The van der Waals surface area contributed by atoms with Crippen LogP contribution in [-0.2, 0) is 4.79 Å². The molecule has 0 radical (unpaired) electrons. The lowest BCUT2D eigenvalue weighted by molar-refractivity contribution is -0.125. The molecule has 0 spiro atoms. The molecule has 1 aromatic rings. The molecule has 0 aliphatic rings. The van der Waals surface area contributed by atoms with Crippen LogP contribution in [0.1, 0.15) is 38.8 Å². The highest BCUT2D eigenvalue weighted by molar-refractivity contribution is 5.79. The molecule has 1 amide bonds. The SMILES string of the molecule is CC(C)CC(CN)C(=O)NC(C)c1cccnc1. The average Bonchev–Trinajstić information content (AvgIpc) is 2.36. The smallest absolute Gasteiger partial charge is 0.224 e. The van der Waals surface area contributed by atoms with Crippen LogP contribution in [0, 0.1) is 11.8 Å². The van der Waals surface area contributed by atoms with Crippen LogP contribution < -0.4 is 11.1 Å². The summed E-state index contributed by atoms with van der Waals surface area (Å²) >= 11 is 0. The second-order valence-electron chi connectivity index (χ2n) is 5.08. The standard InChI is InChI=1S/C14H23N3O/c1-10(2)7-13(8-15)14(18)17-11(3)12-5-4-6-16-9-12/h4-6,9-11,13H,7-8,15H2,1-3H3,(H,17,18). The van der Waals surface area contributed by atoms with Crippen LogP contribution in [0.3, 0.4) is 0 Å². The normalized spacial score (nSPS) is 14.3. The molecule has 2 unspecified atom stereocenters. The van der Waals surface area contributed by atoms with Gasteiger partial charge in [-0.2, -0.15) is 0 Å². The summed E-state index contributed by atoms with van der Waals surface area (Å²) in [5.74, 6) is 0.393. The zero-order chi connectivity index (χ0) is 13.5. The van der Waals surface area contributed by atoms with Gasteiger partial charge in [-0.05, 0) is 30.9 Å². The molecule has 0 saturated carbocycles. The number of carbonyl (C=O) groups is 1. The van der Waals surface area contributed by atoms with E-state index in [0.29, 0.717) is 12.5 Å². The van der Waals surface area contributed by atoms with Crippen LogP contribution in [0.25, 0.3) is 0 Å². The zero-order valence-electron chi connectivity index (χ0n) is 11.4. The highest BCUT2D eigenvalue weighted by atomic mass is 16.1. The summed E-state index contributed by atoms with van der Waals surface area (Å²) in [6.45, 7) is 6.54. The van der Waals surface area contributed by atoms with E-state index in [4.69, 9.17) is 5.73 Å². The molecule has 0 bridgehead atoms. The molecular weight excluding hydrogens is 226 g/mol. The van der Waals surface area contributed by atoms with Gasteiger partial charge in [-0.25, -0.2) is 0 Å². The maximum atomic E-state index is 12.1. The van der Waals surface area contributed by atoms with Gasteiger partial charge < -0.3 is 11.1 Å². The third-order valence-electron chi connectivity index (χ3n) is 2.95. The predicted molar refractivity (Wildman–Crippen MR) is 72.8 cm³/mol. The van der Waals surface area contributed by atoms with E-state index in [-0.39, 0.29) is 17.9 Å². The Morgan fingerprint density at radius 1 is 1.44 bits per heavy atom. The molecule has 0 aromatic carbocycles. The molecule has 4 heteroatoms. The molecule has 100 valence electrons. The van der Waals surface area contributed by atoms with Crippen molar-refractivity contribution in [2.24, 2.45) is 17.6 Å². The lowest BCUT2D eigenvalue weighted by atomic mass is 9.96. The van der Waals surface area contributed by atoms with Crippen LogP contribution in [-0.4, -0.2) is 17.4 Å². The number of hydrogen-bond acceptors (Lipinski definition) is 3. The molecule has 0 aliphatic carbocycles. The summed E-state index contributed by atoms with van der Waals surface area (Å²) in [6.07, 6.45) is 4.31. The van der Waals surface area contributed by atoms with Crippen molar-refractivity contribution >= 4 is 5.91 Å². The maximum Gasteiger partial charge on any atom is 0.224 e. The molecule has 2 atom stereocenters. The number of pyridine rings is 1. The van der Waals surface area contributed by atoms with E-state index < -0.39 is 0 Å². The van der Waals surface area contributed by atoms with Crippen LogP contribution in [0.4, 0.5) is 0 Å². The Balaban J connectivity index is 2.58. The van der Waals surface area contributed by atoms with Gasteiger partial charge in [0.2, 0.25) is 5.91 Å². The summed E-state index contributed by atoms with van der Waals surface area (Å²) in [6, 6.07) is 3.79. The molecule has 0 fully saturated rings. The first-order valence-corrected chi connectivity index (χ1v) is 6.45. The van der Waals surface area contributed by atoms with Crippen LogP contribution in [0.15, 0.2) is 24.5 Å². The fraction of sp³-hybridized carbons (Fsp3) is 0.571. The van der Waals surface area contributed by atoms with Crippen molar-refractivity contribution in [3.05, 3.63) is 30.1 Å². The van der Waals surface area contributed by atoms with Crippen molar-refractivity contribution in [2.75, 3.05) is 6.54 Å². The van der Waals surface area contributed by atoms with Gasteiger partial charge in [-0.3, -0.25) is 9.78 Å². The van der Waals surface area contributed by atoms with Gasteiger partial charge in [0.1, 0.15) is 0 Å². The second-order valence-corrected chi connectivity index (χ2v) is 5.08. The maximum absolute atomic E-state index is 12.1. The molecular formula is C14H23N3O. The number of nitrogens with two attached hydrogens (primary N) is 1. The number of nitrogens with zero attached hydrogens (tertiary/aromatic N) is 1. The Hall–Kier alpha value is -1.42. The van der Waals surface area contributed by atoms with Crippen molar-refractivity contribution in [1.29, 1.82) is 0 Å². The first kappa shape index (κ1) is 14.6. The predicted octanol–water partition coefficient (Wildman–Crippen LogP) is 1.88. The summed E-state index contributed by atoms with van der Waals surface area (Å²) in [5.41, 5.74) is 6.67. The van der Waals surface area contributed by atoms with Crippen LogP contribution in [0.2, 0.25) is 0 Å². The van der Waals surface area contributed by atoms with E-state index >= 15 is 0 Å². The number of carbonyl (C=O) groups excluding carboxylic acids is 1. The third kappa shape index (κ3) is 4.45. The van der Waals surface area contributed by atoms with E-state index in [1.165, 1.54) is 0 Å². The topological polar surface area (TPSA) is 68.0 Å². The van der Waals surface area contributed by atoms with Crippen molar-refractivity contribution in [3.63, 3.8) is 0 Å². The van der Waals surface area contributed by atoms with Gasteiger partial charge in [0.15, 0.2) is 0 Å². The first-order chi connectivity index (χ1) is 8.54. The van der Waals surface area contributed by atoms with Crippen molar-refractivity contribution in [2.45, 2.75) is 33.2 Å². The molecule has 0 aliphatic heterocycles. The number of hydrogen-bond donors (Lipinski definition) is 2. The van der Waals surface area contributed by atoms with Crippen molar-refractivity contribution < 1.29 is 4.79 Å². The minimum atomic E-state index is -0.107. The number of aromatic nitrogens is 1. The molecule has 1 aromatic heterocycles. The highest BCUT2D eigenvalue weighted by Gasteiger charge is 2.20. The van der Waals surface area contributed by atoms with E-state index in [9.17, 15) is 4.79 Å². The van der Waals surface area contributed by atoms with Crippen molar-refractivity contribution in [3.8, 4) is 0 Å². The fourth-order valence-corrected chi connectivity index (χ4v) is 1.93. The molecule has 4 nitrogen and oxygen atoms in total. The largest absolute Gasteiger partial charge is 0.349 e. The Bertz CT molecular complexity index is 365. The monoisotopic (exact) mass is 249 g/mol. The van der Waals surface area contributed by atoms with Gasteiger partial charge in [0.25, 0.3) is 0 Å². The lowest BCUT2D eigenvalue weighted by Crippen LogP contribution is -2.37. The number of rotatable bonds is 6. The summed E-state index contributed by atoms with van der Waals surface area (Å²) < 4.78 is 0. The van der Waals surface area contributed by atoms with Gasteiger partial charge in [0, 0.05) is 18.9 Å². The van der Waals surface area contributed by atoms with Crippen molar-refractivity contribution in [1.82, 2.24) is 10.3 Å². The van der Waals surface area contributed by atoms with E-state index in [0.717, 1.165) is 12.0 Å². The zero-order valence-corrected chi connectivity index (χ0v) is 11.4. The van der Waals surface area contributed by atoms with E-state index in [1.54, 1.807) is 12.4 Å². The van der Waals surface area contributed by atoms with E-state index in [1.807, 2.05) is 19.1 Å². The Morgan fingerprint density at radius 3 is 2.67 bits per heavy atom. The lowest BCUT2D eigenvalue weighted by Gasteiger charge is -2.20. The molecule has 18 heavy (non-hydrogen) atoms. The summed E-state index contributed by atoms with van der Waals surface area (Å²) in [4.78, 5) is 16.1. The van der Waals surface area contributed by atoms with Gasteiger partial charge >= 0.3 is 0 Å². The van der Waals surface area contributed by atoms with Gasteiger partial charge in [-0.1, -0.05) is 19.9 Å². The number of amides is 1. The molecule has 0 saturated heterocycles. The van der Waals surface area contributed by atoms with E-state index in [2.05, 4.69) is 24.1 Å². The van der Waals surface area contributed by atoms with Crippen LogP contribution in [0.5, 0.6) is 0 Å². The Morgan fingerprint density at radius 2 is 2.17 bits per heavy atom. The third-order valence-corrected chi connectivity index (χ3v) is 2.95. The minimum Gasteiger partial charge on any atom is -0.349 e. The Kier molecular flexibility index (Phi) is 5.78. The minimum absolute atomic E-state index is 0.0301. The highest BCUT2D eigenvalue weighted by Crippen LogP contribution is 2.14. The Labute approximate surface area is 109 Å². The molecule has 1 heterocycles. The van der Waals surface area contributed by atoms with Crippen LogP contribution >= 0.6 is 0 Å². The second kappa shape index (κ2) is 7.11. The molecule has 1 rings (SSSR count). The van der Waals surface area contributed by atoms with Gasteiger partial charge in [0.05, 0.1) is 12.0 Å². The summed E-state index contributed by atoms with van der Waals surface area (Å²) in [7, 11) is 0. The average molecular weight is 249 g/mol. The van der Waals surface area contributed by atoms with Gasteiger partial charge in [-0.15, -0.1) is 0 Å². The molecule has 3 N–H and O–H groups in total. The summed E-state index contributed by atoms with van der Waals surface area (Å²) in [5, 5.41) is 2.99. The number of nitrogens with one attached hydrogen (secondary N) is 1. The quantitative estimate of drug-likeness (QED) is 0.809. The first-order valence-electron chi connectivity index (χ1n) is 6.45. The fourth-order valence-electron chi connectivity index (χ4n) is 1.93.